The summed E-state index contributed by atoms with van der Waals surface area (Å²) in [5, 5.41) is 10.1. The molecule has 0 atom stereocenters. The van der Waals surface area contributed by atoms with Crippen LogP contribution in [0.1, 0.15) is 33.6 Å². The monoisotopic (exact) mass is 572 g/mol. The highest BCUT2D eigenvalue weighted by atomic mass is 35.5. The van der Waals surface area contributed by atoms with Crippen LogP contribution in [-0.4, -0.2) is 58.5 Å². The lowest BCUT2D eigenvalue weighted by Crippen LogP contribution is -2.37. The Morgan fingerprint density at radius 2 is 1.51 bits per heavy atom. The number of aryl methyl sites for hydroxylation is 1. The molecule has 0 radical (unpaired) electrons. The maximum Gasteiger partial charge on any atom is 0.323 e. The maximum absolute atomic E-state index is 13.7. The number of rotatable bonds is 14. The van der Waals surface area contributed by atoms with E-state index in [2.05, 4.69) is 17.1 Å². The predicted octanol–water partition coefficient (Wildman–Crippen LogP) is 5.55. The van der Waals surface area contributed by atoms with Gasteiger partial charge in [-0.15, -0.1) is 0 Å². The molecule has 3 aromatic carbocycles. The quantitative estimate of drug-likeness (QED) is 0.212. The van der Waals surface area contributed by atoms with Gasteiger partial charge in [-0.05, 0) is 54.7 Å². The molecule has 1 N–H and O–H groups in total. The normalized spacial score (nSPS) is 10.7. The van der Waals surface area contributed by atoms with Crippen molar-refractivity contribution in [3.05, 3.63) is 119 Å². The number of ether oxygens (including phenoxy) is 1. The summed E-state index contributed by atoms with van der Waals surface area (Å²) in [6.07, 6.45) is 3.60. The minimum Gasteiger partial charge on any atom is -0.487 e. The highest BCUT2D eigenvalue weighted by molar-refractivity contribution is 6.30. The van der Waals surface area contributed by atoms with E-state index in [0.717, 1.165) is 18.4 Å². The molecule has 0 spiro atoms. The summed E-state index contributed by atoms with van der Waals surface area (Å²) in [5.74, 6) is -0.527. The molecule has 1 amide bonds. The summed E-state index contributed by atoms with van der Waals surface area (Å²) < 4.78 is 5.95. The third-order valence-electron chi connectivity index (χ3n) is 6.54. The van der Waals surface area contributed by atoms with Crippen LogP contribution in [0.3, 0.4) is 0 Å². The number of hydrogen-bond donors (Lipinski definition) is 1. The molecule has 0 unspecified atom stereocenters. The van der Waals surface area contributed by atoms with Gasteiger partial charge in [-0.25, -0.2) is 9.97 Å². The van der Waals surface area contributed by atoms with E-state index < -0.39 is 18.4 Å². The average molecular weight is 573 g/mol. The minimum atomic E-state index is -1.09. The Bertz CT molecular complexity index is 1420. The molecule has 8 nitrogen and oxygen atoms in total. The lowest BCUT2D eigenvalue weighted by Gasteiger charge is -2.23. The predicted molar refractivity (Wildman–Crippen MR) is 160 cm³/mol. The number of benzene rings is 3. The highest BCUT2D eigenvalue weighted by Crippen LogP contribution is 2.20. The number of carboxylic acids is 1. The molecule has 0 saturated carbocycles. The zero-order valence-corrected chi connectivity index (χ0v) is 23.7. The van der Waals surface area contributed by atoms with Gasteiger partial charge in [0.25, 0.3) is 5.91 Å². The second-order valence-corrected chi connectivity index (χ2v) is 10.1. The zero-order chi connectivity index (χ0) is 29.0. The largest absolute Gasteiger partial charge is 0.487 e. The Hall–Kier alpha value is -4.43. The number of carbonyl (C=O) groups excluding carboxylic acids is 1. The number of aromatic nitrogens is 2. The van der Waals surface area contributed by atoms with Gasteiger partial charge in [0.15, 0.2) is 0 Å². The lowest BCUT2D eigenvalue weighted by molar-refractivity contribution is -0.137. The summed E-state index contributed by atoms with van der Waals surface area (Å²) in [6.45, 7) is 0.509. The second-order valence-electron chi connectivity index (χ2n) is 9.64. The van der Waals surface area contributed by atoms with Crippen molar-refractivity contribution in [2.45, 2.75) is 25.9 Å². The molecular weight excluding hydrogens is 540 g/mol. The molecule has 41 heavy (non-hydrogen) atoms. The van der Waals surface area contributed by atoms with E-state index in [0.29, 0.717) is 35.4 Å². The Morgan fingerprint density at radius 3 is 2.15 bits per heavy atom. The van der Waals surface area contributed by atoms with Gasteiger partial charge >= 0.3 is 5.97 Å². The Labute approximate surface area is 245 Å². The second kappa shape index (κ2) is 14.8. The first kappa shape index (κ1) is 29.6. The van der Waals surface area contributed by atoms with Gasteiger partial charge in [0.05, 0.1) is 11.3 Å². The molecule has 4 rings (SSSR count). The van der Waals surface area contributed by atoms with Crippen molar-refractivity contribution in [2.24, 2.45) is 0 Å². The number of carbonyl (C=O) groups is 2. The molecule has 0 aliphatic heterocycles. The number of hydrogen-bond acceptors (Lipinski definition) is 6. The molecule has 0 saturated heterocycles. The third-order valence-corrected chi connectivity index (χ3v) is 6.80. The summed E-state index contributed by atoms with van der Waals surface area (Å²) in [5.41, 5.74) is 2.90. The molecule has 212 valence electrons. The number of likely N-dealkylation sites (N-methyl/N-ethyl adjacent to an activating group) is 1. The summed E-state index contributed by atoms with van der Waals surface area (Å²) >= 11 is 6.00. The van der Waals surface area contributed by atoms with E-state index in [4.69, 9.17) is 21.3 Å². The summed E-state index contributed by atoms with van der Waals surface area (Å²) in [6, 6.07) is 26.9. The Morgan fingerprint density at radius 1 is 0.878 bits per heavy atom. The van der Waals surface area contributed by atoms with Crippen molar-refractivity contribution in [3.8, 4) is 5.75 Å². The standard InChI is InChI=1S/C32H33ClN4O4/c1-36(20-18-25-11-6-3-7-12-25)32-34-21-28(29(35-32)23-41-27-16-14-26(33)15-17-27)31(40)37(22-30(38)39)19-8-13-24-9-4-2-5-10-24/h2-7,9-12,14-17,21H,8,13,18-20,22-23H2,1H3,(H,38,39). The van der Waals surface area contributed by atoms with Crippen molar-refractivity contribution in [2.75, 3.05) is 31.6 Å². The van der Waals surface area contributed by atoms with Crippen LogP contribution in [0, 0.1) is 0 Å². The first-order chi connectivity index (χ1) is 19.9. The molecule has 4 aromatic rings. The summed E-state index contributed by atoms with van der Waals surface area (Å²) in [7, 11) is 1.89. The van der Waals surface area contributed by atoms with Crippen molar-refractivity contribution >= 4 is 29.4 Å². The molecular formula is C32H33ClN4O4. The molecule has 0 aliphatic carbocycles. The number of anilines is 1. The van der Waals surface area contributed by atoms with E-state index in [1.165, 1.54) is 16.7 Å². The van der Waals surface area contributed by atoms with Gasteiger partial charge in [-0.1, -0.05) is 72.3 Å². The van der Waals surface area contributed by atoms with E-state index in [9.17, 15) is 14.7 Å². The van der Waals surface area contributed by atoms with Crippen molar-refractivity contribution < 1.29 is 19.4 Å². The van der Waals surface area contributed by atoms with Gasteiger partial charge in [-0.2, -0.15) is 0 Å². The molecule has 1 heterocycles. The van der Waals surface area contributed by atoms with Crippen LogP contribution in [-0.2, 0) is 24.2 Å². The van der Waals surface area contributed by atoms with Crippen molar-refractivity contribution in [1.82, 2.24) is 14.9 Å². The van der Waals surface area contributed by atoms with Gasteiger partial charge < -0.3 is 19.6 Å². The van der Waals surface area contributed by atoms with Crippen LogP contribution in [0.2, 0.25) is 5.02 Å². The fourth-order valence-electron chi connectivity index (χ4n) is 4.31. The minimum absolute atomic E-state index is 0.00429. The van der Waals surface area contributed by atoms with Gasteiger partial charge in [-0.3, -0.25) is 9.59 Å². The third kappa shape index (κ3) is 9.05. The van der Waals surface area contributed by atoms with E-state index in [1.54, 1.807) is 24.3 Å². The fourth-order valence-corrected chi connectivity index (χ4v) is 4.43. The van der Waals surface area contributed by atoms with Crippen molar-refractivity contribution in [3.63, 3.8) is 0 Å². The summed E-state index contributed by atoms with van der Waals surface area (Å²) in [4.78, 5) is 37.8. The lowest BCUT2D eigenvalue weighted by atomic mass is 10.1. The topological polar surface area (TPSA) is 95.9 Å². The Kier molecular flexibility index (Phi) is 10.7. The van der Waals surface area contributed by atoms with E-state index >= 15 is 0 Å². The highest BCUT2D eigenvalue weighted by Gasteiger charge is 2.24. The first-order valence-electron chi connectivity index (χ1n) is 13.4. The van der Waals surface area contributed by atoms with Crippen LogP contribution >= 0.6 is 11.6 Å². The van der Waals surface area contributed by atoms with Crippen LogP contribution in [0.4, 0.5) is 5.95 Å². The average Bonchev–Trinajstić information content (AvgIpc) is 2.99. The van der Waals surface area contributed by atoms with Gasteiger partial charge in [0.1, 0.15) is 18.9 Å². The molecule has 0 fully saturated rings. The molecule has 1 aromatic heterocycles. The molecule has 0 aliphatic rings. The Balaban J connectivity index is 1.54. The SMILES string of the molecule is CN(CCc1ccccc1)c1ncc(C(=O)N(CCCc2ccccc2)CC(=O)O)c(COc2ccc(Cl)cc2)n1. The van der Waals surface area contributed by atoms with Crippen molar-refractivity contribution in [1.29, 1.82) is 0 Å². The number of halogens is 1. The fraction of sp³-hybridized carbons (Fsp3) is 0.250. The van der Waals surface area contributed by atoms with Gasteiger partial charge in [0, 0.05) is 31.4 Å². The molecule has 9 heteroatoms. The zero-order valence-electron chi connectivity index (χ0n) is 22.9. The van der Waals surface area contributed by atoms with Crippen LogP contribution in [0.25, 0.3) is 0 Å². The van der Waals surface area contributed by atoms with E-state index in [-0.39, 0.29) is 18.7 Å². The maximum atomic E-state index is 13.7. The number of nitrogens with zero attached hydrogens (tertiary/aromatic N) is 4. The van der Waals surface area contributed by atoms with Crippen LogP contribution in [0.5, 0.6) is 5.75 Å². The van der Waals surface area contributed by atoms with E-state index in [1.807, 2.05) is 60.5 Å². The smallest absolute Gasteiger partial charge is 0.323 e. The first-order valence-corrected chi connectivity index (χ1v) is 13.8. The number of amides is 1. The molecule has 0 bridgehead atoms. The number of carboxylic acid groups (broad SMARTS) is 1. The number of aliphatic carboxylic acids is 1. The van der Waals surface area contributed by atoms with Crippen LogP contribution in [0.15, 0.2) is 91.1 Å². The van der Waals surface area contributed by atoms with Gasteiger partial charge in [0.2, 0.25) is 5.95 Å². The van der Waals surface area contributed by atoms with Crippen LogP contribution < -0.4 is 9.64 Å².